The van der Waals surface area contributed by atoms with E-state index in [0.717, 1.165) is 47.7 Å². The summed E-state index contributed by atoms with van der Waals surface area (Å²) in [6.45, 7) is 13.3. The zero-order valence-electron chi connectivity index (χ0n) is 24.2. The molecule has 0 heterocycles. The number of aliphatic hydroxyl groups excluding tert-OH is 2. The molecule has 4 rings (SSSR count). The first-order chi connectivity index (χ1) is 16.7. The quantitative estimate of drug-likeness (QED) is 0.379. The number of aliphatic hydroxyl groups is 2. The summed E-state index contributed by atoms with van der Waals surface area (Å²) in [5.74, 6) is -0.427. The van der Waals surface area contributed by atoms with E-state index in [1.165, 1.54) is 0 Å². The SMILES string of the molecule is CO[C@H]1C[C@@]2(C)[C@@H](C[C@@H](O)[C@H]3[C@@]4(C)CC[C@@H](O)[C@@H](C)[C@@H]4CC[C@@]32C)C1=C(CCC(Br)=C(C)C)C(=O)[O-].[Na+]. The molecule has 5 nitrogen and oxygen atoms in total. The van der Waals surface area contributed by atoms with Gasteiger partial charge in [-0.05, 0) is 121 Å². The zero-order valence-corrected chi connectivity index (χ0v) is 27.8. The number of ether oxygens (including phenoxy) is 1. The van der Waals surface area contributed by atoms with Crippen LogP contribution in [0.3, 0.4) is 0 Å². The molecule has 0 aromatic heterocycles. The van der Waals surface area contributed by atoms with E-state index < -0.39 is 12.1 Å². The second-order valence-electron chi connectivity index (χ2n) is 13.3. The molecule has 4 saturated carbocycles. The molecule has 0 spiro atoms. The third kappa shape index (κ3) is 4.91. The van der Waals surface area contributed by atoms with Crippen LogP contribution in [0.2, 0.25) is 0 Å². The van der Waals surface area contributed by atoms with Crippen molar-refractivity contribution in [2.75, 3.05) is 7.11 Å². The van der Waals surface area contributed by atoms with Gasteiger partial charge in [-0.1, -0.05) is 49.2 Å². The summed E-state index contributed by atoms with van der Waals surface area (Å²) >= 11 is 3.61. The minimum atomic E-state index is -1.11. The third-order valence-corrected chi connectivity index (χ3v) is 12.9. The number of hydrogen-bond donors (Lipinski definition) is 2. The predicted molar refractivity (Wildman–Crippen MR) is 143 cm³/mol. The molecule has 0 saturated heterocycles. The van der Waals surface area contributed by atoms with Crippen molar-refractivity contribution < 1.29 is 54.4 Å². The van der Waals surface area contributed by atoms with Crippen LogP contribution < -0.4 is 34.7 Å². The van der Waals surface area contributed by atoms with Crippen molar-refractivity contribution >= 4 is 21.9 Å². The first kappa shape index (κ1) is 31.8. The van der Waals surface area contributed by atoms with Gasteiger partial charge in [0.25, 0.3) is 0 Å². The molecule has 0 amide bonds. The Bertz CT molecular complexity index is 960. The van der Waals surface area contributed by atoms with Crippen molar-refractivity contribution in [1.29, 1.82) is 0 Å². The minimum Gasteiger partial charge on any atom is -0.545 e. The van der Waals surface area contributed by atoms with Gasteiger partial charge in [-0.15, -0.1) is 0 Å². The number of fused-ring (bicyclic) bond motifs is 5. The molecule has 0 radical (unpaired) electrons. The molecule has 4 aliphatic carbocycles. The largest absolute Gasteiger partial charge is 1.00 e. The van der Waals surface area contributed by atoms with Crippen LogP contribution in [0.15, 0.2) is 21.2 Å². The fourth-order valence-corrected chi connectivity index (χ4v) is 9.86. The normalized spacial score (nSPS) is 46.2. The number of carbonyl (C=O) groups excluding carboxylic acids is 1. The maximum absolute atomic E-state index is 12.5. The van der Waals surface area contributed by atoms with Gasteiger partial charge in [-0.25, -0.2) is 0 Å². The Balaban J connectivity index is 0.00000380. The Kier molecular flexibility index (Phi) is 9.72. The molecule has 0 aromatic rings. The molecule has 2 N–H and O–H groups in total. The van der Waals surface area contributed by atoms with Crippen LogP contribution in [-0.2, 0) is 9.53 Å². The number of rotatable bonds is 5. The molecule has 204 valence electrons. The van der Waals surface area contributed by atoms with E-state index in [2.05, 4.69) is 43.6 Å². The van der Waals surface area contributed by atoms with E-state index >= 15 is 0 Å². The first-order valence-corrected chi connectivity index (χ1v) is 14.7. The maximum Gasteiger partial charge on any atom is 1.00 e. The van der Waals surface area contributed by atoms with E-state index in [1.54, 1.807) is 7.11 Å². The number of hydrogen-bond acceptors (Lipinski definition) is 5. The number of carbonyl (C=O) groups is 1. The van der Waals surface area contributed by atoms with E-state index in [4.69, 9.17) is 4.74 Å². The van der Waals surface area contributed by atoms with Crippen molar-refractivity contribution in [3.8, 4) is 0 Å². The molecule has 0 bridgehead atoms. The molecule has 37 heavy (non-hydrogen) atoms. The maximum atomic E-state index is 12.5. The Morgan fingerprint density at radius 3 is 2.30 bits per heavy atom. The summed E-state index contributed by atoms with van der Waals surface area (Å²) in [5, 5.41) is 35.0. The topological polar surface area (TPSA) is 89.8 Å². The second kappa shape index (κ2) is 11.3. The fraction of sp³-hybridized carbons (Fsp3) is 0.833. The average molecular weight is 590 g/mol. The van der Waals surface area contributed by atoms with Crippen molar-refractivity contribution in [3.05, 3.63) is 21.2 Å². The molecular formula is C30H46BrNaO5. The molecule has 7 heteroatoms. The monoisotopic (exact) mass is 588 g/mol. The average Bonchev–Trinajstić information content (AvgIpc) is 3.09. The van der Waals surface area contributed by atoms with Crippen LogP contribution in [-0.4, -0.2) is 41.6 Å². The smallest absolute Gasteiger partial charge is 0.545 e. The number of methoxy groups -OCH3 is 1. The summed E-state index contributed by atoms with van der Waals surface area (Å²) < 4.78 is 7.02. The van der Waals surface area contributed by atoms with Gasteiger partial charge in [0.05, 0.1) is 24.3 Å². The Morgan fingerprint density at radius 2 is 1.73 bits per heavy atom. The van der Waals surface area contributed by atoms with Gasteiger partial charge in [0, 0.05) is 7.11 Å². The number of aliphatic carboxylic acids is 1. The zero-order chi connectivity index (χ0) is 26.8. The van der Waals surface area contributed by atoms with Crippen molar-refractivity contribution in [1.82, 2.24) is 0 Å². The van der Waals surface area contributed by atoms with Crippen LogP contribution in [0, 0.1) is 39.9 Å². The summed E-state index contributed by atoms with van der Waals surface area (Å²) in [5.41, 5.74) is 1.97. The molecule has 10 atom stereocenters. The van der Waals surface area contributed by atoms with Crippen LogP contribution in [0.5, 0.6) is 0 Å². The molecule has 0 aromatic carbocycles. The Labute approximate surface area is 254 Å². The number of carboxylic acids is 1. The minimum absolute atomic E-state index is 0. The van der Waals surface area contributed by atoms with E-state index in [1.807, 2.05) is 13.8 Å². The molecular weight excluding hydrogens is 543 g/mol. The molecule has 0 unspecified atom stereocenters. The standard InChI is InChI=1S/C30H47BrO5.Na/c1-16(2)21(31)9-8-18(27(34)35)25-20-14-23(33)26-28(4)12-11-22(32)17(3)19(28)10-13-29(26,5)30(20,6)15-24(25)36-7;/h17,19-20,22-24,26,32-33H,8-15H2,1-7H3,(H,34,35);/q;+1/p-1/t17-,19-,20-,22+,23+,24-,26-,28-,29-,30-;/m0./s1. The Hall–Kier alpha value is 0.310. The summed E-state index contributed by atoms with van der Waals surface area (Å²) in [6.07, 6.45) is 5.00. The molecule has 0 aliphatic heterocycles. The van der Waals surface area contributed by atoms with Crippen molar-refractivity contribution in [2.24, 2.45) is 39.9 Å². The van der Waals surface area contributed by atoms with Gasteiger partial charge < -0.3 is 24.9 Å². The van der Waals surface area contributed by atoms with E-state index in [0.29, 0.717) is 30.8 Å². The predicted octanol–water partition coefficient (Wildman–Crippen LogP) is 2.14. The van der Waals surface area contributed by atoms with Gasteiger partial charge in [-0.2, -0.15) is 0 Å². The molecule has 4 aliphatic rings. The van der Waals surface area contributed by atoms with Crippen LogP contribution >= 0.6 is 15.9 Å². The van der Waals surface area contributed by atoms with Crippen molar-refractivity contribution in [3.63, 3.8) is 0 Å². The van der Waals surface area contributed by atoms with Gasteiger partial charge in [0.2, 0.25) is 0 Å². The fourth-order valence-electron chi connectivity index (χ4n) is 9.66. The van der Waals surface area contributed by atoms with Crippen LogP contribution in [0.25, 0.3) is 0 Å². The molecule has 4 fully saturated rings. The summed E-state index contributed by atoms with van der Waals surface area (Å²) in [4.78, 5) is 12.5. The summed E-state index contributed by atoms with van der Waals surface area (Å²) in [7, 11) is 1.68. The van der Waals surface area contributed by atoms with E-state index in [-0.39, 0.29) is 75.8 Å². The first-order valence-electron chi connectivity index (χ1n) is 13.9. The number of allylic oxidation sites excluding steroid dienone is 2. The van der Waals surface area contributed by atoms with Crippen LogP contribution in [0.4, 0.5) is 0 Å². The van der Waals surface area contributed by atoms with Gasteiger partial charge in [0.1, 0.15) is 0 Å². The second-order valence-corrected chi connectivity index (χ2v) is 14.3. The summed E-state index contributed by atoms with van der Waals surface area (Å²) in [6, 6.07) is 0. The van der Waals surface area contributed by atoms with Gasteiger partial charge >= 0.3 is 29.6 Å². The number of carboxylic acid groups (broad SMARTS) is 1. The van der Waals surface area contributed by atoms with Crippen LogP contribution in [0.1, 0.15) is 92.9 Å². The van der Waals surface area contributed by atoms with Gasteiger partial charge in [-0.3, -0.25) is 0 Å². The third-order valence-electron chi connectivity index (χ3n) is 11.7. The number of halogens is 1. The van der Waals surface area contributed by atoms with E-state index in [9.17, 15) is 20.1 Å². The van der Waals surface area contributed by atoms with Gasteiger partial charge in [0.15, 0.2) is 0 Å². The van der Waals surface area contributed by atoms with Crippen molar-refractivity contribution in [2.45, 2.75) is 111 Å². The Morgan fingerprint density at radius 1 is 1.08 bits per heavy atom.